The average molecular weight is 551 g/mol. The minimum atomic E-state index is -0.172. The van der Waals surface area contributed by atoms with Gasteiger partial charge in [0.15, 0.2) is 5.65 Å². The van der Waals surface area contributed by atoms with Crippen molar-refractivity contribution in [3.05, 3.63) is 69.6 Å². The van der Waals surface area contributed by atoms with Gasteiger partial charge in [0.2, 0.25) is 5.91 Å². The van der Waals surface area contributed by atoms with Crippen molar-refractivity contribution in [3.63, 3.8) is 0 Å². The molecular weight excluding hydrogens is 527 g/mol. The van der Waals surface area contributed by atoms with E-state index in [2.05, 4.69) is 25.3 Å². The fraction of sp³-hybridized carbons (Fsp3) is 0.269. The summed E-state index contributed by atoms with van der Waals surface area (Å²) in [7, 11) is 1.78. The number of anilines is 1. The number of hydrogen-bond donors (Lipinski definition) is 2. The summed E-state index contributed by atoms with van der Waals surface area (Å²) < 4.78 is 3.59. The van der Waals surface area contributed by atoms with Crippen molar-refractivity contribution in [2.24, 2.45) is 0 Å². The number of halogens is 2. The summed E-state index contributed by atoms with van der Waals surface area (Å²) in [5.41, 5.74) is 3.34. The number of rotatable bonds is 5. The second kappa shape index (κ2) is 9.77. The van der Waals surface area contributed by atoms with Crippen LogP contribution in [-0.2, 0) is 11.3 Å². The highest BCUT2D eigenvalue weighted by molar-refractivity contribution is 6.44. The molecule has 10 nitrogen and oxygen atoms in total. The molecule has 1 aliphatic rings. The van der Waals surface area contributed by atoms with Crippen LogP contribution in [0.25, 0.3) is 33.3 Å². The molecule has 1 saturated heterocycles. The monoisotopic (exact) mass is 550 g/mol. The number of carbonyl (C=O) groups is 1. The Balaban J connectivity index is 1.26. The normalized spacial score (nSPS) is 14.4. The van der Waals surface area contributed by atoms with E-state index < -0.39 is 0 Å². The van der Waals surface area contributed by atoms with Crippen molar-refractivity contribution in [2.45, 2.75) is 25.4 Å². The molecular formula is C26H24Cl2N8O2. The second-order valence-corrected chi connectivity index (χ2v) is 10.0. The quantitative estimate of drug-likeness (QED) is 0.336. The van der Waals surface area contributed by atoms with Gasteiger partial charge in [-0.25, -0.2) is 19.7 Å². The Hall–Kier alpha value is -3.89. The third kappa shape index (κ3) is 4.10. The molecule has 1 fully saturated rings. The van der Waals surface area contributed by atoms with E-state index in [4.69, 9.17) is 23.2 Å². The molecule has 194 valence electrons. The molecule has 0 atom stereocenters. The zero-order valence-electron chi connectivity index (χ0n) is 20.5. The van der Waals surface area contributed by atoms with Crippen LogP contribution in [0.1, 0.15) is 18.9 Å². The highest BCUT2D eigenvalue weighted by Gasteiger charge is 2.27. The van der Waals surface area contributed by atoms with Crippen LogP contribution >= 0.6 is 23.2 Å². The summed E-state index contributed by atoms with van der Waals surface area (Å²) in [4.78, 5) is 43.8. The van der Waals surface area contributed by atoms with Gasteiger partial charge in [0.1, 0.15) is 24.3 Å². The van der Waals surface area contributed by atoms with Crippen molar-refractivity contribution < 1.29 is 4.79 Å². The van der Waals surface area contributed by atoms with Crippen LogP contribution in [0.5, 0.6) is 0 Å². The van der Waals surface area contributed by atoms with E-state index in [0.29, 0.717) is 53.1 Å². The van der Waals surface area contributed by atoms with Crippen LogP contribution in [0.2, 0.25) is 10.0 Å². The first-order valence-corrected chi connectivity index (χ1v) is 13.0. The molecule has 38 heavy (non-hydrogen) atoms. The maximum absolute atomic E-state index is 13.4. The first kappa shape index (κ1) is 24.4. The third-order valence-corrected chi connectivity index (χ3v) is 7.93. The summed E-state index contributed by atoms with van der Waals surface area (Å²) in [6.45, 7) is 1.20. The molecule has 1 aromatic carbocycles. The highest BCUT2D eigenvalue weighted by atomic mass is 35.5. The number of carbonyl (C=O) groups excluding carboxylic acids is 1. The maximum Gasteiger partial charge on any atom is 0.327 e. The van der Waals surface area contributed by atoms with E-state index in [-0.39, 0.29) is 24.2 Å². The first-order valence-electron chi connectivity index (χ1n) is 12.2. The number of pyridine rings is 1. The summed E-state index contributed by atoms with van der Waals surface area (Å²) in [6.07, 6.45) is 6.36. The Morgan fingerprint density at radius 1 is 1.11 bits per heavy atom. The van der Waals surface area contributed by atoms with Gasteiger partial charge in [-0.1, -0.05) is 35.3 Å². The number of imidazole rings is 1. The van der Waals surface area contributed by atoms with Crippen molar-refractivity contribution in [2.75, 3.05) is 25.5 Å². The Labute approximate surface area is 227 Å². The molecule has 5 heterocycles. The van der Waals surface area contributed by atoms with Crippen LogP contribution < -0.4 is 11.0 Å². The van der Waals surface area contributed by atoms with E-state index in [0.717, 1.165) is 22.0 Å². The Morgan fingerprint density at radius 3 is 2.71 bits per heavy atom. The minimum Gasteiger partial charge on any atom is -0.372 e. The van der Waals surface area contributed by atoms with Gasteiger partial charge >= 0.3 is 5.69 Å². The van der Waals surface area contributed by atoms with Crippen LogP contribution in [0.3, 0.4) is 0 Å². The lowest BCUT2D eigenvalue weighted by Gasteiger charge is -2.32. The number of hydrogen-bond acceptors (Lipinski definition) is 6. The fourth-order valence-corrected chi connectivity index (χ4v) is 5.69. The average Bonchev–Trinajstić information content (AvgIpc) is 3.47. The number of H-pyrrole nitrogens is 1. The molecule has 5 aromatic rings. The van der Waals surface area contributed by atoms with E-state index in [1.165, 1.54) is 6.33 Å². The summed E-state index contributed by atoms with van der Waals surface area (Å²) in [5, 5.41) is 4.74. The van der Waals surface area contributed by atoms with Gasteiger partial charge in [-0.3, -0.25) is 14.3 Å². The molecule has 0 spiro atoms. The molecule has 1 amide bonds. The number of likely N-dealkylation sites (tertiary alicyclic amines) is 1. The van der Waals surface area contributed by atoms with Gasteiger partial charge in [-0.05, 0) is 31.0 Å². The predicted molar refractivity (Wildman–Crippen MR) is 148 cm³/mol. The number of nitrogens with zero attached hydrogens (tertiary/aromatic N) is 6. The molecule has 0 unspecified atom stereocenters. The Bertz CT molecular complexity index is 1730. The van der Waals surface area contributed by atoms with Crippen molar-refractivity contribution >= 4 is 57.1 Å². The van der Waals surface area contributed by atoms with Gasteiger partial charge in [-0.15, -0.1) is 0 Å². The Kier molecular flexibility index (Phi) is 6.29. The number of fused-ring (bicyclic) bond motifs is 2. The number of aromatic nitrogens is 6. The zero-order chi connectivity index (χ0) is 26.4. The first-order chi connectivity index (χ1) is 18.5. The zero-order valence-corrected chi connectivity index (χ0v) is 22.0. The number of amides is 1. The lowest BCUT2D eigenvalue weighted by molar-refractivity contribution is -0.133. The number of piperidine rings is 1. The SMILES string of the molecule is CNc1ncnc2c1c(-c1cccc(Cl)c1Cl)cn2CC(=O)N1CCC(n2c(=O)[nH]c3ncccc32)CC1. The van der Waals surface area contributed by atoms with Crippen molar-refractivity contribution in [1.82, 2.24) is 34.0 Å². The predicted octanol–water partition coefficient (Wildman–Crippen LogP) is 4.35. The largest absolute Gasteiger partial charge is 0.372 e. The van der Waals surface area contributed by atoms with Gasteiger partial charge in [0.25, 0.3) is 0 Å². The lowest BCUT2D eigenvalue weighted by atomic mass is 10.0. The second-order valence-electron chi connectivity index (χ2n) is 9.23. The Morgan fingerprint density at radius 2 is 1.92 bits per heavy atom. The molecule has 4 aromatic heterocycles. The van der Waals surface area contributed by atoms with Gasteiger partial charge in [-0.2, -0.15) is 0 Å². The van der Waals surface area contributed by atoms with Gasteiger partial charge < -0.3 is 14.8 Å². The van der Waals surface area contributed by atoms with Crippen LogP contribution in [0, 0.1) is 0 Å². The third-order valence-electron chi connectivity index (χ3n) is 7.11. The summed E-state index contributed by atoms with van der Waals surface area (Å²) in [6, 6.07) is 9.16. The molecule has 12 heteroatoms. The van der Waals surface area contributed by atoms with Crippen LogP contribution in [-0.4, -0.2) is 60.0 Å². The van der Waals surface area contributed by atoms with E-state index >= 15 is 0 Å². The van der Waals surface area contributed by atoms with E-state index in [1.54, 1.807) is 23.9 Å². The number of aromatic amines is 1. The highest BCUT2D eigenvalue weighted by Crippen LogP contribution is 2.39. The van der Waals surface area contributed by atoms with Crippen LogP contribution in [0.15, 0.2) is 53.8 Å². The molecule has 0 saturated carbocycles. The lowest BCUT2D eigenvalue weighted by Crippen LogP contribution is -2.41. The molecule has 2 N–H and O–H groups in total. The summed E-state index contributed by atoms with van der Waals surface area (Å²) >= 11 is 12.9. The van der Waals surface area contributed by atoms with E-state index in [9.17, 15) is 9.59 Å². The molecule has 0 radical (unpaired) electrons. The standard InChI is InChI=1S/C26H24Cl2N8O2/c1-29-24-21-17(16-4-2-5-18(27)22(16)28)12-35(25(21)32-14-31-24)13-20(37)34-10-7-15(8-11-34)36-19-6-3-9-30-23(19)33-26(36)38/h2-6,9,12,14-15H,7-8,10-11,13H2,1H3,(H,29,31,32)(H,30,33,38). The summed E-state index contributed by atoms with van der Waals surface area (Å²) in [5.74, 6) is 0.605. The smallest absolute Gasteiger partial charge is 0.327 e. The number of nitrogens with one attached hydrogen (secondary N) is 2. The molecule has 1 aliphatic heterocycles. The molecule has 0 aliphatic carbocycles. The fourth-order valence-electron chi connectivity index (χ4n) is 5.29. The van der Waals surface area contributed by atoms with Gasteiger partial charge in [0, 0.05) is 49.7 Å². The topological polar surface area (TPSA) is 114 Å². The number of benzene rings is 1. The maximum atomic E-state index is 13.4. The molecule has 6 rings (SSSR count). The van der Waals surface area contributed by atoms with Crippen molar-refractivity contribution in [1.29, 1.82) is 0 Å². The van der Waals surface area contributed by atoms with E-state index in [1.807, 2.05) is 39.9 Å². The van der Waals surface area contributed by atoms with Gasteiger partial charge in [0.05, 0.1) is 20.9 Å². The van der Waals surface area contributed by atoms with Crippen molar-refractivity contribution in [3.8, 4) is 11.1 Å². The van der Waals surface area contributed by atoms with Crippen LogP contribution in [0.4, 0.5) is 5.82 Å². The molecule has 0 bridgehead atoms. The minimum absolute atomic E-state index is 0.000546.